The summed E-state index contributed by atoms with van der Waals surface area (Å²) < 4.78 is 18.9. The van der Waals surface area contributed by atoms with E-state index in [0.717, 1.165) is 39.2 Å². The van der Waals surface area contributed by atoms with Crippen molar-refractivity contribution in [1.29, 1.82) is 5.26 Å². The van der Waals surface area contributed by atoms with Crippen LogP contribution in [0.15, 0.2) is 66.2 Å². The number of hydrogen-bond donors (Lipinski definition) is 2. The maximum Gasteiger partial charge on any atom is 0.244 e. The molecular formula is C25H23N5O3. The third-order valence-corrected chi connectivity index (χ3v) is 5.92. The van der Waals surface area contributed by atoms with Gasteiger partial charge in [0.15, 0.2) is 0 Å². The van der Waals surface area contributed by atoms with Crippen molar-refractivity contribution in [2.24, 2.45) is 5.73 Å². The lowest BCUT2D eigenvalue weighted by Gasteiger charge is -2.23. The van der Waals surface area contributed by atoms with Gasteiger partial charge in [-0.1, -0.05) is 18.2 Å². The fourth-order valence-corrected chi connectivity index (χ4v) is 4.33. The number of H-pyrrole nitrogens is 1. The van der Waals surface area contributed by atoms with Gasteiger partial charge in [-0.2, -0.15) is 5.26 Å². The standard InChI is InChI=1S/C25H23N5O3/c1-15-22-23(19(13-26)24(27)33-25(22)29-28-15)20-14-30(21-6-4-3-5-18(20)21)11-12-32-17-9-7-16(31-2)8-10-17/h3-10,14,23H,11-12,27H2,1-2H3,(H,28,29)/t23-/m0/s1. The van der Waals surface area contributed by atoms with Crippen LogP contribution in [0.25, 0.3) is 10.9 Å². The molecule has 33 heavy (non-hydrogen) atoms. The van der Waals surface area contributed by atoms with Crippen LogP contribution in [0.2, 0.25) is 0 Å². The first-order valence-corrected chi connectivity index (χ1v) is 10.6. The van der Waals surface area contributed by atoms with Crippen LogP contribution in [0.3, 0.4) is 0 Å². The summed E-state index contributed by atoms with van der Waals surface area (Å²) in [5.41, 5.74) is 10.2. The first kappa shape index (κ1) is 20.5. The predicted molar refractivity (Wildman–Crippen MR) is 123 cm³/mol. The minimum atomic E-state index is -0.369. The molecule has 1 aliphatic rings. The number of aryl methyl sites for hydroxylation is 1. The van der Waals surface area contributed by atoms with E-state index in [-0.39, 0.29) is 11.8 Å². The van der Waals surface area contributed by atoms with E-state index in [1.54, 1.807) is 7.11 Å². The van der Waals surface area contributed by atoms with Crippen LogP contribution in [-0.4, -0.2) is 28.5 Å². The largest absolute Gasteiger partial charge is 0.497 e. The number of methoxy groups -OCH3 is 1. The molecular weight excluding hydrogens is 418 g/mol. The number of aromatic amines is 1. The van der Waals surface area contributed by atoms with Crippen molar-refractivity contribution >= 4 is 10.9 Å². The molecule has 8 heteroatoms. The van der Waals surface area contributed by atoms with Crippen molar-refractivity contribution in [3.63, 3.8) is 0 Å². The number of ether oxygens (including phenoxy) is 3. The maximum atomic E-state index is 9.90. The molecule has 5 rings (SSSR count). The highest BCUT2D eigenvalue weighted by Crippen LogP contribution is 2.45. The summed E-state index contributed by atoms with van der Waals surface area (Å²) in [6.45, 7) is 3.03. The van der Waals surface area contributed by atoms with E-state index in [2.05, 4.69) is 39.2 Å². The predicted octanol–water partition coefficient (Wildman–Crippen LogP) is 3.98. The molecule has 2 aromatic heterocycles. The fraction of sp³-hybridized carbons (Fsp3) is 0.200. The molecule has 0 aliphatic carbocycles. The number of fused-ring (bicyclic) bond motifs is 2. The lowest BCUT2D eigenvalue weighted by atomic mass is 9.84. The van der Waals surface area contributed by atoms with Crippen LogP contribution in [0.4, 0.5) is 0 Å². The van der Waals surface area contributed by atoms with E-state index in [4.69, 9.17) is 19.9 Å². The number of para-hydroxylation sites is 1. The van der Waals surface area contributed by atoms with Gasteiger partial charge in [-0.05, 0) is 42.8 Å². The summed E-state index contributed by atoms with van der Waals surface area (Å²) in [5, 5.41) is 18.1. The molecule has 0 fully saturated rings. The fourth-order valence-electron chi connectivity index (χ4n) is 4.33. The molecule has 2 aromatic carbocycles. The van der Waals surface area contributed by atoms with Crippen LogP contribution in [0, 0.1) is 18.3 Å². The Bertz CT molecular complexity index is 1390. The number of allylic oxidation sites excluding steroid dienone is 1. The number of nitrogens with two attached hydrogens (primary N) is 1. The summed E-state index contributed by atoms with van der Waals surface area (Å²) in [5.74, 6) is 1.69. The highest BCUT2D eigenvalue weighted by atomic mass is 16.5. The van der Waals surface area contributed by atoms with E-state index < -0.39 is 0 Å². The van der Waals surface area contributed by atoms with Gasteiger partial charge in [0, 0.05) is 28.4 Å². The van der Waals surface area contributed by atoms with E-state index in [1.165, 1.54) is 0 Å². The number of rotatable bonds is 6. The molecule has 0 unspecified atom stereocenters. The second-order valence-corrected chi connectivity index (χ2v) is 7.81. The summed E-state index contributed by atoms with van der Waals surface area (Å²) >= 11 is 0. The number of nitrogens with zero attached hydrogens (tertiary/aromatic N) is 3. The Hall–Kier alpha value is -4.38. The maximum absolute atomic E-state index is 9.90. The highest BCUT2D eigenvalue weighted by molar-refractivity contribution is 5.86. The second kappa shape index (κ2) is 8.28. The third-order valence-electron chi connectivity index (χ3n) is 5.92. The zero-order valence-electron chi connectivity index (χ0n) is 18.3. The third kappa shape index (κ3) is 3.53. The van der Waals surface area contributed by atoms with E-state index in [0.29, 0.717) is 24.6 Å². The molecule has 0 radical (unpaired) electrons. The summed E-state index contributed by atoms with van der Waals surface area (Å²) in [4.78, 5) is 0. The van der Waals surface area contributed by atoms with Crippen molar-refractivity contribution in [3.8, 4) is 23.4 Å². The van der Waals surface area contributed by atoms with Gasteiger partial charge in [-0.25, -0.2) is 0 Å². The Morgan fingerprint density at radius 2 is 1.94 bits per heavy atom. The molecule has 8 nitrogen and oxygen atoms in total. The quantitative estimate of drug-likeness (QED) is 0.468. The van der Waals surface area contributed by atoms with E-state index >= 15 is 0 Å². The van der Waals surface area contributed by atoms with Crippen LogP contribution >= 0.6 is 0 Å². The first-order valence-electron chi connectivity index (χ1n) is 10.6. The molecule has 0 amide bonds. The Kier molecular flexibility index (Phi) is 5.15. The molecule has 0 saturated heterocycles. The molecule has 1 aliphatic heterocycles. The normalized spacial score (nSPS) is 15.1. The lowest BCUT2D eigenvalue weighted by Crippen LogP contribution is -2.21. The topological polar surface area (TPSA) is 111 Å². The monoisotopic (exact) mass is 441 g/mol. The molecule has 0 bridgehead atoms. The van der Waals surface area contributed by atoms with Crippen LogP contribution in [0.5, 0.6) is 17.4 Å². The molecule has 3 N–H and O–H groups in total. The molecule has 166 valence electrons. The van der Waals surface area contributed by atoms with Gasteiger partial charge in [-0.15, -0.1) is 5.10 Å². The van der Waals surface area contributed by atoms with Crippen molar-refractivity contribution in [2.75, 3.05) is 13.7 Å². The molecule has 1 atom stereocenters. The minimum absolute atomic E-state index is 0.0844. The molecule has 0 spiro atoms. The SMILES string of the molecule is COc1ccc(OCCn2cc([C@@H]3C(C#N)=C(N)Oc4n[nH]c(C)c43)c3ccccc32)cc1. The van der Waals surface area contributed by atoms with Crippen LogP contribution in [0.1, 0.15) is 22.7 Å². The van der Waals surface area contributed by atoms with E-state index in [9.17, 15) is 5.26 Å². The van der Waals surface area contributed by atoms with Crippen molar-refractivity contribution in [1.82, 2.24) is 14.8 Å². The summed E-state index contributed by atoms with van der Waals surface area (Å²) in [6, 6.07) is 17.9. The Labute approximate surface area is 190 Å². The van der Waals surface area contributed by atoms with Crippen molar-refractivity contribution in [3.05, 3.63) is 83.0 Å². The van der Waals surface area contributed by atoms with E-state index in [1.807, 2.05) is 43.3 Å². The second-order valence-electron chi connectivity index (χ2n) is 7.81. The lowest BCUT2D eigenvalue weighted by molar-refractivity contribution is 0.299. The summed E-state index contributed by atoms with van der Waals surface area (Å²) in [6.07, 6.45) is 2.07. The van der Waals surface area contributed by atoms with Gasteiger partial charge < -0.3 is 24.5 Å². The molecule has 4 aromatic rings. The first-order chi connectivity index (χ1) is 16.1. The Balaban J connectivity index is 1.50. The minimum Gasteiger partial charge on any atom is -0.497 e. The average Bonchev–Trinajstić information content (AvgIpc) is 3.39. The zero-order chi connectivity index (χ0) is 22.9. The van der Waals surface area contributed by atoms with Crippen LogP contribution in [-0.2, 0) is 6.54 Å². The van der Waals surface area contributed by atoms with Gasteiger partial charge in [0.25, 0.3) is 0 Å². The number of aromatic nitrogens is 3. The average molecular weight is 441 g/mol. The zero-order valence-corrected chi connectivity index (χ0v) is 18.3. The Morgan fingerprint density at radius 3 is 2.70 bits per heavy atom. The van der Waals surface area contributed by atoms with Gasteiger partial charge in [-0.3, -0.25) is 5.10 Å². The number of hydrogen-bond acceptors (Lipinski definition) is 6. The molecule has 3 heterocycles. The summed E-state index contributed by atoms with van der Waals surface area (Å²) in [7, 11) is 1.64. The molecule has 0 saturated carbocycles. The number of nitrogens with one attached hydrogen (secondary N) is 1. The van der Waals surface area contributed by atoms with Crippen molar-refractivity contribution in [2.45, 2.75) is 19.4 Å². The Morgan fingerprint density at radius 1 is 1.18 bits per heavy atom. The number of nitriles is 1. The van der Waals surface area contributed by atoms with Crippen LogP contribution < -0.4 is 19.9 Å². The smallest absolute Gasteiger partial charge is 0.244 e. The number of benzene rings is 2. The van der Waals surface area contributed by atoms with Crippen molar-refractivity contribution < 1.29 is 14.2 Å². The van der Waals surface area contributed by atoms with Gasteiger partial charge in [0.05, 0.1) is 19.6 Å². The highest BCUT2D eigenvalue weighted by Gasteiger charge is 2.35. The van der Waals surface area contributed by atoms with Gasteiger partial charge >= 0.3 is 0 Å². The van der Waals surface area contributed by atoms with Gasteiger partial charge in [0.2, 0.25) is 11.8 Å². The van der Waals surface area contributed by atoms with Gasteiger partial charge in [0.1, 0.15) is 29.7 Å².